The summed E-state index contributed by atoms with van der Waals surface area (Å²) in [4.78, 5) is 15.8. The van der Waals surface area contributed by atoms with Crippen molar-refractivity contribution in [1.82, 2.24) is 19.9 Å². The van der Waals surface area contributed by atoms with Crippen LogP contribution < -0.4 is 4.90 Å². The molecule has 25 heavy (non-hydrogen) atoms. The molecule has 0 aliphatic carbocycles. The number of piperidine rings is 1. The topological polar surface area (TPSA) is 58.3 Å². The monoisotopic (exact) mass is 353 g/mol. The molecular formula is C16H18F3N5O. The number of nitrogens with zero attached hydrogens (tertiary/aromatic N) is 5. The van der Waals surface area contributed by atoms with Crippen molar-refractivity contribution >= 4 is 5.82 Å². The lowest BCUT2D eigenvalue weighted by Gasteiger charge is -2.24. The fourth-order valence-electron chi connectivity index (χ4n) is 3.31. The molecule has 6 nitrogen and oxygen atoms in total. The van der Waals surface area contributed by atoms with Crippen LogP contribution in [0.1, 0.15) is 42.3 Å². The van der Waals surface area contributed by atoms with Crippen molar-refractivity contribution in [1.29, 1.82) is 0 Å². The van der Waals surface area contributed by atoms with Gasteiger partial charge in [-0.2, -0.15) is 13.2 Å². The van der Waals surface area contributed by atoms with Crippen molar-refractivity contribution in [3.05, 3.63) is 35.4 Å². The molecule has 2 aliphatic heterocycles. The van der Waals surface area contributed by atoms with E-state index in [1.165, 1.54) is 19.3 Å². The number of hydrogen-bond acceptors (Lipinski definition) is 6. The van der Waals surface area contributed by atoms with Gasteiger partial charge in [0.2, 0.25) is 5.89 Å². The summed E-state index contributed by atoms with van der Waals surface area (Å²) in [6.07, 6.45) is 0.122. The first kappa shape index (κ1) is 16.3. The Morgan fingerprint density at radius 2 is 1.88 bits per heavy atom. The first-order valence-corrected chi connectivity index (χ1v) is 8.33. The van der Waals surface area contributed by atoms with Gasteiger partial charge < -0.3 is 9.32 Å². The Labute approximate surface area is 142 Å². The maximum absolute atomic E-state index is 12.8. The van der Waals surface area contributed by atoms with Gasteiger partial charge in [-0.3, -0.25) is 4.90 Å². The average Bonchev–Trinajstić information content (AvgIpc) is 3.13. The molecule has 0 N–H and O–H groups in total. The van der Waals surface area contributed by atoms with E-state index in [0.717, 1.165) is 31.2 Å². The third kappa shape index (κ3) is 3.46. The van der Waals surface area contributed by atoms with E-state index in [0.29, 0.717) is 31.3 Å². The minimum absolute atomic E-state index is 0.230. The van der Waals surface area contributed by atoms with E-state index in [4.69, 9.17) is 4.42 Å². The van der Waals surface area contributed by atoms with Crippen LogP contribution in [0, 0.1) is 0 Å². The lowest BCUT2D eigenvalue weighted by molar-refractivity contribution is -0.141. The number of oxazole rings is 1. The highest BCUT2D eigenvalue weighted by molar-refractivity contribution is 5.44. The molecule has 2 aliphatic rings. The summed E-state index contributed by atoms with van der Waals surface area (Å²) in [5, 5.41) is 0. The molecule has 0 bridgehead atoms. The smallest absolute Gasteiger partial charge is 0.433 e. The van der Waals surface area contributed by atoms with Gasteiger partial charge in [0.05, 0.1) is 19.6 Å². The predicted molar refractivity (Wildman–Crippen MR) is 82.6 cm³/mol. The van der Waals surface area contributed by atoms with E-state index < -0.39 is 11.9 Å². The highest BCUT2D eigenvalue weighted by atomic mass is 19.4. The van der Waals surface area contributed by atoms with Crippen molar-refractivity contribution in [2.75, 3.05) is 18.0 Å². The molecule has 4 rings (SSSR count). The number of anilines is 1. The van der Waals surface area contributed by atoms with Gasteiger partial charge in [0.15, 0.2) is 0 Å². The standard InChI is InChI=1S/C16H18F3N5O/c17-16(18,19)13-6-14(21-10-20-13)24-7-11-12(8-24)25-15(22-11)9-23-4-2-1-3-5-23/h6,10H,1-5,7-9H2. The maximum atomic E-state index is 12.8. The third-order valence-corrected chi connectivity index (χ3v) is 4.57. The molecule has 1 saturated heterocycles. The molecule has 0 radical (unpaired) electrons. The minimum atomic E-state index is -4.48. The van der Waals surface area contributed by atoms with Crippen molar-refractivity contribution in [3.8, 4) is 0 Å². The molecule has 0 unspecified atom stereocenters. The van der Waals surface area contributed by atoms with Gasteiger partial charge in [0, 0.05) is 6.07 Å². The summed E-state index contributed by atoms with van der Waals surface area (Å²) in [5.41, 5.74) is -0.168. The summed E-state index contributed by atoms with van der Waals surface area (Å²) >= 11 is 0. The van der Waals surface area contributed by atoms with Gasteiger partial charge in [0.1, 0.15) is 29.3 Å². The van der Waals surface area contributed by atoms with Gasteiger partial charge in [-0.1, -0.05) is 6.42 Å². The summed E-state index contributed by atoms with van der Waals surface area (Å²) < 4.78 is 44.2. The molecule has 0 saturated carbocycles. The van der Waals surface area contributed by atoms with E-state index >= 15 is 0 Å². The van der Waals surface area contributed by atoms with Crippen LogP contribution in [0.25, 0.3) is 0 Å². The zero-order valence-corrected chi connectivity index (χ0v) is 13.6. The summed E-state index contributed by atoms with van der Waals surface area (Å²) in [6, 6.07) is 0.959. The van der Waals surface area contributed by atoms with E-state index in [-0.39, 0.29) is 5.82 Å². The second kappa shape index (κ2) is 6.29. The molecule has 2 aromatic heterocycles. The Balaban J connectivity index is 1.44. The maximum Gasteiger partial charge on any atom is 0.433 e. The van der Waals surface area contributed by atoms with Crippen LogP contribution in [0.4, 0.5) is 19.0 Å². The molecule has 9 heteroatoms. The zero-order chi connectivity index (χ0) is 17.4. The molecule has 0 amide bonds. The highest BCUT2D eigenvalue weighted by Gasteiger charge is 2.34. The molecule has 1 fully saturated rings. The van der Waals surface area contributed by atoms with Gasteiger partial charge in [-0.25, -0.2) is 15.0 Å². The average molecular weight is 353 g/mol. The zero-order valence-electron chi connectivity index (χ0n) is 13.6. The molecular weight excluding hydrogens is 335 g/mol. The Hall–Kier alpha value is -2.16. The van der Waals surface area contributed by atoms with Gasteiger partial charge in [0.25, 0.3) is 0 Å². The number of fused-ring (bicyclic) bond motifs is 1. The van der Waals surface area contributed by atoms with E-state index in [2.05, 4.69) is 19.9 Å². The summed E-state index contributed by atoms with van der Waals surface area (Å²) in [7, 11) is 0. The van der Waals surface area contributed by atoms with Crippen LogP contribution in [-0.2, 0) is 25.8 Å². The Morgan fingerprint density at radius 3 is 2.60 bits per heavy atom. The fourth-order valence-corrected chi connectivity index (χ4v) is 3.31. The number of halogens is 3. The second-order valence-electron chi connectivity index (χ2n) is 6.43. The minimum Gasteiger partial charge on any atom is -0.442 e. The third-order valence-electron chi connectivity index (χ3n) is 4.57. The summed E-state index contributed by atoms with van der Waals surface area (Å²) in [5.74, 6) is 1.62. The van der Waals surface area contributed by atoms with E-state index in [9.17, 15) is 13.2 Å². The molecule has 4 heterocycles. The molecule has 0 spiro atoms. The first-order chi connectivity index (χ1) is 12.0. The number of hydrogen-bond donors (Lipinski definition) is 0. The van der Waals surface area contributed by atoms with Crippen LogP contribution in [0.15, 0.2) is 16.8 Å². The summed E-state index contributed by atoms with van der Waals surface area (Å²) in [6.45, 7) is 3.57. The van der Waals surface area contributed by atoms with Crippen LogP contribution >= 0.6 is 0 Å². The van der Waals surface area contributed by atoms with Crippen molar-refractivity contribution in [3.63, 3.8) is 0 Å². The van der Waals surface area contributed by atoms with Gasteiger partial charge in [-0.05, 0) is 25.9 Å². The van der Waals surface area contributed by atoms with Crippen molar-refractivity contribution < 1.29 is 17.6 Å². The normalized spacial score (nSPS) is 18.6. The van der Waals surface area contributed by atoms with Crippen LogP contribution in [0.3, 0.4) is 0 Å². The second-order valence-corrected chi connectivity index (χ2v) is 6.43. The van der Waals surface area contributed by atoms with Gasteiger partial charge >= 0.3 is 6.18 Å². The quantitative estimate of drug-likeness (QED) is 0.846. The largest absolute Gasteiger partial charge is 0.442 e. The lowest BCUT2D eigenvalue weighted by Crippen LogP contribution is -2.29. The predicted octanol–water partition coefficient (Wildman–Crippen LogP) is 2.99. The molecule has 2 aromatic rings. The fraction of sp³-hybridized carbons (Fsp3) is 0.562. The van der Waals surface area contributed by atoms with Crippen molar-refractivity contribution in [2.45, 2.75) is 45.1 Å². The number of rotatable bonds is 3. The van der Waals surface area contributed by atoms with E-state index in [1.807, 2.05) is 0 Å². The lowest BCUT2D eigenvalue weighted by atomic mass is 10.1. The SMILES string of the molecule is FC(F)(F)c1cc(N2Cc3nc(CN4CCCCC4)oc3C2)ncn1. The number of aromatic nitrogens is 3. The molecule has 134 valence electrons. The van der Waals surface area contributed by atoms with Crippen molar-refractivity contribution in [2.24, 2.45) is 0 Å². The number of alkyl halides is 3. The molecule has 0 atom stereocenters. The Bertz CT molecular complexity index is 731. The van der Waals surface area contributed by atoms with E-state index in [1.54, 1.807) is 4.90 Å². The molecule has 0 aromatic carbocycles. The van der Waals surface area contributed by atoms with Crippen LogP contribution in [0.5, 0.6) is 0 Å². The van der Waals surface area contributed by atoms with Gasteiger partial charge in [-0.15, -0.1) is 0 Å². The Kier molecular flexibility index (Phi) is 4.10. The van der Waals surface area contributed by atoms with Crippen LogP contribution in [0.2, 0.25) is 0 Å². The number of likely N-dealkylation sites (tertiary alicyclic amines) is 1. The Morgan fingerprint density at radius 1 is 1.08 bits per heavy atom. The van der Waals surface area contributed by atoms with Crippen LogP contribution in [-0.4, -0.2) is 32.9 Å². The highest BCUT2D eigenvalue weighted by Crippen LogP contribution is 2.32. The first-order valence-electron chi connectivity index (χ1n) is 8.33.